The monoisotopic (exact) mass is 448 g/mol. The number of nitrogens with zero attached hydrogens (tertiary/aromatic N) is 2. The van der Waals surface area contributed by atoms with Crippen LogP contribution in [0.25, 0.3) is 0 Å². The fourth-order valence-corrected chi connectivity index (χ4v) is 4.63. The van der Waals surface area contributed by atoms with Crippen molar-refractivity contribution in [3.63, 3.8) is 0 Å². The molecule has 0 aromatic heterocycles. The number of carbonyl (C=O) groups excluding carboxylic acids is 1. The lowest BCUT2D eigenvalue weighted by Crippen LogP contribution is -2.51. The smallest absolute Gasteiger partial charge is 0.340 e. The molecule has 1 amide bonds. The van der Waals surface area contributed by atoms with Gasteiger partial charge in [-0.1, -0.05) is 18.2 Å². The maximum atomic E-state index is 13.9. The van der Waals surface area contributed by atoms with Gasteiger partial charge in [0.2, 0.25) is 15.9 Å². The van der Waals surface area contributed by atoms with Gasteiger partial charge in [0, 0.05) is 26.2 Å². The van der Waals surface area contributed by atoms with Crippen LogP contribution in [0.4, 0.5) is 22.0 Å². The van der Waals surface area contributed by atoms with Gasteiger partial charge in [-0.25, -0.2) is 17.2 Å². The molecule has 162 valence electrons. The first kappa shape index (κ1) is 22.2. The number of sulfonamides is 1. The molecule has 0 unspecified atom stereocenters. The van der Waals surface area contributed by atoms with Crippen LogP contribution in [0.3, 0.4) is 0 Å². The van der Waals surface area contributed by atoms with E-state index >= 15 is 0 Å². The van der Waals surface area contributed by atoms with Gasteiger partial charge in [-0.2, -0.15) is 17.5 Å². The predicted molar refractivity (Wildman–Crippen MR) is 96.8 cm³/mol. The minimum Gasteiger partial charge on any atom is -0.340 e. The lowest BCUT2D eigenvalue weighted by atomic mass is 10.1. The summed E-state index contributed by atoms with van der Waals surface area (Å²) in [6.45, 7) is -0.332. The van der Waals surface area contributed by atoms with Crippen LogP contribution in [0.5, 0.6) is 0 Å². The highest BCUT2D eigenvalue weighted by molar-refractivity contribution is 7.89. The third-order valence-electron chi connectivity index (χ3n) is 4.71. The second-order valence-electron chi connectivity index (χ2n) is 6.73. The first-order valence-electron chi connectivity index (χ1n) is 8.87. The second kappa shape index (κ2) is 8.31. The van der Waals surface area contributed by atoms with E-state index in [1.54, 1.807) is 0 Å². The van der Waals surface area contributed by atoms with Crippen molar-refractivity contribution >= 4 is 15.9 Å². The predicted octanol–water partition coefficient (Wildman–Crippen LogP) is 3.06. The molecule has 2 aromatic rings. The van der Waals surface area contributed by atoms with E-state index in [0.29, 0.717) is 6.07 Å². The molecule has 0 atom stereocenters. The molecule has 5 nitrogen and oxygen atoms in total. The van der Waals surface area contributed by atoms with Crippen molar-refractivity contribution in [3.05, 3.63) is 65.2 Å². The molecule has 30 heavy (non-hydrogen) atoms. The van der Waals surface area contributed by atoms with Gasteiger partial charge >= 0.3 is 6.18 Å². The highest BCUT2D eigenvalue weighted by atomic mass is 32.2. The molecule has 0 aliphatic carbocycles. The van der Waals surface area contributed by atoms with E-state index in [0.717, 1.165) is 28.6 Å². The Balaban J connectivity index is 1.65. The summed E-state index contributed by atoms with van der Waals surface area (Å²) >= 11 is 0. The number of benzene rings is 2. The summed E-state index contributed by atoms with van der Waals surface area (Å²) in [6.07, 6.45) is -4.79. The first-order valence-corrected chi connectivity index (χ1v) is 10.3. The highest BCUT2D eigenvalue weighted by Gasteiger charge is 2.33. The summed E-state index contributed by atoms with van der Waals surface area (Å²) < 4.78 is 91.7. The number of carbonyl (C=O) groups is 1. The maximum absolute atomic E-state index is 13.9. The Morgan fingerprint density at radius 1 is 0.967 bits per heavy atom. The van der Waals surface area contributed by atoms with Crippen LogP contribution < -0.4 is 0 Å². The number of hydrogen-bond acceptors (Lipinski definition) is 3. The van der Waals surface area contributed by atoms with Gasteiger partial charge in [-0.05, 0) is 29.8 Å². The van der Waals surface area contributed by atoms with E-state index in [-0.39, 0.29) is 38.2 Å². The Bertz CT molecular complexity index is 1050. The van der Waals surface area contributed by atoms with Crippen LogP contribution in [0.1, 0.15) is 11.1 Å². The van der Waals surface area contributed by atoms with Crippen LogP contribution in [0, 0.1) is 11.6 Å². The molecule has 0 bridgehead atoms. The molecule has 2 aromatic carbocycles. The summed E-state index contributed by atoms with van der Waals surface area (Å²) in [4.78, 5) is 13.0. The van der Waals surface area contributed by atoms with Gasteiger partial charge in [0.15, 0.2) is 0 Å². The van der Waals surface area contributed by atoms with Crippen molar-refractivity contribution in [2.75, 3.05) is 26.2 Å². The minimum absolute atomic E-state index is 0.0199. The summed E-state index contributed by atoms with van der Waals surface area (Å²) in [5, 5.41) is 0. The molecule has 0 radical (unpaired) electrons. The molecule has 1 saturated heterocycles. The molecular weight excluding hydrogens is 431 g/mol. The molecule has 1 fully saturated rings. The van der Waals surface area contributed by atoms with E-state index in [2.05, 4.69) is 0 Å². The lowest BCUT2D eigenvalue weighted by molar-refractivity contribution is -0.138. The third-order valence-corrected chi connectivity index (χ3v) is 6.63. The van der Waals surface area contributed by atoms with Crippen molar-refractivity contribution in [2.45, 2.75) is 17.5 Å². The average Bonchev–Trinajstić information content (AvgIpc) is 2.69. The highest BCUT2D eigenvalue weighted by Crippen LogP contribution is 2.29. The molecule has 3 rings (SSSR count). The van der Waals surface area contributed by atoms with Crippen LogP contribution in [-0.4, -0.2) is 49.7 Å². The molecule has 0 N–H and O–H groups in total. The number of piperazine rings is 1. The van der Waals surface area contributed by atoms with Crippen LogP contribution in [0.15, 0.2) is 47.4 Å². The van der Waals surface area contributed by atoms with Gasteiger partial charge in [0.1, 0.15) is 16.5 Å². The average molecular weight is 448 g/mol. The zero-order valence-electron chi connectivity index (χ0n) is 15.5. The number of hydrogen-bond donors (Lipinski definition) is 0. The van der Waals surface area contributed by atoms with E-state index in [1.165, 1.54) is 17.0 Å². The summed E-state index contributed by atoms with van der Waals surface area (Å²) in [6, 6.07) is 6.53. The molecule has 1 heterocycles. The van der Waals surface area contributed by atoms with E-state index in [1.807, 2.05) is 0 Å². The molecule has 1 aliphatic rings. The van der Waals surface area contributed by atoms with Gasteiger partial charge < -0.3 is 4.90 Å². The van der Waals surface area contributed by atoms with Gasteiger partial charge in [0.05, 0.1) is 12.0 Å². The van der Waals surface area contributed by atoms with Crippen LogP contribution >= 0.6 is 0 Å². The van der Waals surface area contributed by atoms with Crippen molar-refractivity contribution in [1.82, 2.24) is 9.21 Å². The fourth-order valence-electron chi connectivity index (χ4n) is 3.14. The quantitative estimate of drug-likeness (QED) is 0.676. The van der Waals surface area contributed by atoms with E-state index < -0.39 is 44.2 Å². The van der Waals surface area contributed by atoms with Crippen LogP contribution in [-0.2, 0) is 27.4 Å². The standard InChI is InChI=1S/C19H17F5N2O3S/c20-15-4-5-16(21)17(12-15)30(28,29)26-8-6-25(7-9-26)18(27)11-13-2-1-3-14(10-13)19(22,23)24/h1-5,10,12H,6-9,11H2. The van der Waals surface area contributed by atoms with E-state index in [4.69, 9.17) is 0 Å². The molecule has 11 heteroatoms. The van der Waals surface area contributed by atoms with Crippen LogP contribution in [0.2, 0.25) is 0 Å². The van der Waals surface area contributed by atoms with Crippen molar-refractivity contribution in [2.24, 2.45) is 0 Å². The molecule has 0 spiro atoms. The largest absolute Gasteiger partial charge is 0.416 e. The third kappa shape index (κ3) is 4.78. The fraction of sp³-hybridized carbons (Fsp3) is 0.316. The summed E-state index contributed by atoms with van der Waals surface area (Å²) in [5.41, 5.74) is -0.674. The zero-order valence-corrected chi connectivity index (χ0v) is 16.3. The van der Waals surface area contributed by atoms with Gasteiger partial charge in [0.25, 0.3) is 0 Å². The maximum Gasteiger partial charge on any atom is 0.416 e. The zero-order chi connectivity index (χ0) is 22.1. The molecule has 0 saturated carbocycles. The summed E-state index contributed by atoms with van der Waals surface area (Å²) in [7, 11) is -4.29. The van der Waals surface area contributed by atoms with Crippen molar-refractivity contribution < 1.29 is 35.2 Å². The minimum atomic E-state index is -4.52. The number of alkyl halides is 3. The number of rotatable bonds is 4. The Morgan fingerprint density at radius 3 is 2.27 bits per heavy atom. The van der Waals surface area contributed by atoms with E-state index in [9.17, 15) is 35.2 Å². The van der Waals surface area contributed by atoms with Crippen molar-refractivity contribution in [1.29, 1.82) is 0 Å². The Hall–Kier alpha value is -2.53. The Kier molecular flexibility index (Phi) is 6.14. The topological polar surface area (TPSA) is 57.7 Å². The normalized spacial score (nSPS) is 16.0. The molecule has 1 aliphatic heterocycles. The Morgan fingerprint density at radius 2 is 1.63 bits per heavy atom. The van der Waals surface area contributed by atoms with Crippen molar-refractivity contribution in [3.8, 4) is 0 Å². The summed E-state index contributed by atoms with van der Waals surface area (Å²) in [5.74, 6) is -2.44. The van der Waals surface area contributed by atoms with Gasteiger partial charge in [-0.3, -0.25) is 4.79 Å². The SMILES string of the molecule is O=C(Cc1cccc(C(F)(F)F)c1)N1CCN(S(=O)(=O)c2cc(F)ccc2F)CC1. The second-order valence-corrected chi connectivity index (χ2v) is 8.64. The number of halogens is 5. The Labute approximate surface area is 169 Å². The molecular formula is C19H17F5N2O3S. The first-order chi connectivity index (χ1) is 14.0. The van der Waals surface area contributed by atoms with Gasteiger partial charge in [-0.15, -0.1) is 0 Å². The number of amides is 1. The lowest BCUT2D eigenvalue weighted by Gasteiger charge is -2.34.